The van der Waals surface area contributed by atoms with E-state index in [9.17, 15) is 0 Å². The molecule has 0 aliphatic rings. The molecule has 1 aromatic carbocycles. The zero-order valence-corrected chi connectivity index (χ0v) is 11.9. The van der Waals surface area contributed by atoms with Gasteiger partial charge in [0.25, 0.3) is 5.89 Å². The molecule has 0 unspecified atom stereocenters. The SMILES string of the molecule is COCCc1noc(COc2cccc(-n3cnnn3)c2)n1. The Morgan fingerprint density at radius 1 is 1.32 bits per heavy atom. The molecule has 0 aliphatic carbocycles. The van der Waals surface area contributed by atoms with Crippen LogP contribution in [0, 0.1) is 0 Å². The van der Waals surface area contributed by atoms with Gasteiger partial charge in [-0.2, -0.15) is 4.98 Å². The van der Waals surface area contributed by atoms with Gasteiger partial charge in [0.1, 0.15) is 12.1 Å². The molecule has 0 N–H and O–H groups in total. The highest BCUT2D eigenvalue weighted by Gasteiger charge is 2.07. The van der Waals surface area contributed by atoms with Crippen LogP contribution in [0.3, 0.4) is 0 Å². The molecule has 114 valence electrons. The number of benzene rings is 1. The maximum Gasteiger partial charge on any atom is 0.264 e. The average molecular weight is 302 g/mol. The first-order valence-corrected chi connectivity index (χ1v) is 6.62. The predicted molar refractivity (Wildman–Crippen MR) is 73.4 cm³/mol. The molecule has 0 radical (unpaired) electrons. The maximum absolute atomic E-state index is 5.64. The van der Waals surface area contributed by atoms with Crippen LogP contribution in [0.15, 0.2) is 35.1 Å². The molecule has 0 bridgehead atoms. The van der Waals surface area contributed by atoms with E-state index in [1.54, 1.807) is 11.8 Å². The molecule has 0 spiro atoms. The van der Waals surface area contributed by atoms with Crippen LogP contribution < -0.4 is 4.74 Å². The molecule has 2 heterocycles. The van der Waals surface area contributed by atoms with Gasteiger partial charge < -0.3 is 14.0 Å². The summed E-state index contributed by atoms with van der Waals surface area (Å²) >= 11 is 0. The fraction of sp³-hybridized carbons (Fsp3) is 0.308. The Labute approximate surface area is 125 Å². The van der Waals surface area contributed by atoms with Gasteiger partial charge in [-0.15, -0.1) is 5.10 Å². The summed E-state index contributed by atoms with van der Waals surface area (Å²) in [7, 11) is 1.63. The summed E-state index contributed by atoms with van der Waals surface area (Å²) in [5.41, 5.74) is 0.800. The van der Waals surface area contributed by atoms with Crippen molar-refractivity contribution in [2.24, 2.45) is 0 Å². The first-order valence-electron chi connectivity index (χ1n) is 6.62. The molecule has 0 fully saturated rings. The lowest BCUT2D eigenvalue weighted by Crippen LogP contribution is -2.00. The third kappa shape index (κ3) is 3.44. The summed E-state index contributed by atoms with van der Waals surface area (Å²) in [5, 5.41) is 14.9. The molecule has 9 nitrogen and oxygen atoms in total. The summed E-state index contributed by atoms with van der Waals surface area (Å²) in [6.07, 6.45) is 2.12. The minimum Gasteiger partial charge on any atom is -0.484 e. The normalized spacial score (nSPS) is 10.8. The molecule has 3 aromatic rings. The maximum atomic E-state index is 5.64. The van der Waals surface area contributed by atoms with Gasteiger partial charge >= 0.3 is 0 Å². The van der Waals surface area contributed by atoms with Crippen molar-refractivity contribution in [1.29, 1.82) is 0 Å². The second-order valence-corrected chi connectivity index (χ2v) is 4.39. The van der Waals surface area contributed by atoms with Gasteiger partial charge in [0, 0.05) is 19.6 Å². The highest BCUT2D eigenvalue weighted by Crippen LogP contribution is 2.16. The molecule has 0 saturated carbocycles. The Morgan fingerprint density at radius 3 is 3.09 bits per heavy atom. The van der Waals surface area contributed by atoms with Crippen molar-refractivity contribution in [1.82, 2.24) is 30.3 Å². The van der Waals surface area contributed by atoms with E-state index in [1.165, 1.54) is 6.33 Å². The molecule has 0 saturated heterocycles. The third-order valence-electron chi connectivity index (χ3n) is 2.83. The van der Waals surface area contributed by atoms with Gasteiger partial charge in [-0.05, 0) is 22.6 Å². The zero-order valence-electron chi connectivity index (χ0n) is 11.9. The lowest BCUT2D eigenvalue weighted by molar-refractivity contribution is 0.199. The molecular formula is C13H14N6O3. The van der Waals surface area contributed by atoms with Crippen molar-refractivity contribution in [3.8, 4) is 11.4 Å². The van der Waals surface area contributed by atoms with Gasteiger partial charge in [0.15, 0.2) is 12.4 Å². The Hall–Kier alpha value is -2.81. The monoisotopic (exact) mass is 302 g/mol. The number of nitrogens with zero attached hydrogens (tertiary/aromatic N) is 6. The quantitative estimate of drug-likeness (QED) is 0.632. The number of hydrogen-bond donors (Lipinski definition) is 0. The summed E-state index contributed by atoms with van der Waals surface area (Å²) in [6.45, 7) is 0.743. The van der Waals surface area contributed by atoms with Crippen molar-refractivity contribution in [3.05, 3.63) is 42.3 Å². The fourth-order valence-corrected chi connectivity index (χ4v) is 1.78. The Kier molecular flexibility index (Phi) is 4.35. The van der Waals surface area contributed by atoms with Gasteiger partial charge in [-0.1, -0.05) is 11.2 Å². The van der Waals surface area contributed by atoms with E-state index in [4.69, 9.17) is 14.0 Å². The van der Waals surface area contributed by atoms with Gasteiger partial charge in [-0.3, -0.25) is 0 Å². The second kappa shape index (κ2) is 6.76. The standard InChI is InChI=1S/C13H14N6O3/c1-20-6-5-12-15-13(22-16-12)8-21-11-4-2-3-10(7-11)19-9-14-17-18-19/h2-4,7,9H,5-6,8H2,1H3. The highest BCUT2D eigenvalue weighted by molar-refractivity contribution is 5.37. The van der Waals surface area contributed by atoms with Crippen molar-refractivity contribution < 1.29 is 14.0 Å². The Bertz CT molecular complexity index is 712. The molecule has 9 heteroatoms. The minimum atomic E-state index is 0.193. The topological polar surface area (TPSA) is 101 Å². The summed E-state index contributed by atoms with van der Waals surface area (Å²) in [5.74, 6) is 1.67. The third-order valence-corrected chi connectivity index (χ3v) is 2.83. The molecule has 0 amide bonds. The molecule has 22 heavy (non-hydrogen) atoms. The Morgan fingerprint density at radius 2 is 2.27 bits per heavy atom. The van der Waals surface area contributed by atoms with Crippen molar-refractivity contribution in [3.63, 3.8) is 0 Å². The number of hydrogen-bond acceptors (Lipinski definition) is 8. The smallest absolute Gasteiger partial charge is 0.264 e. The number of aromatic nitrogens is 6. The van der Waals surface area contributed by atoms with E-state index < -0.39 is 0 Å². The van der Waals surface area contributed by atoms with Crippen LogP contribution in [-0.4, -0.2) is 44.1 Å². The first kappa shape index (κ1) is 14.1. The summed E-state index contributed by atoms with van der Waals surface area (Å²) in [6, 6.07) is 7.37. The van der Waals surface area contributed by atoms with Crippen LogP contribution in [0.25, 0.3) is 5.69 Å². The van der Waals surface area contributed by atoms with Crippen LogP contribution in [-0.2, 0) is 17.8 Å². The van der Waals surface area contributed by atoms with E-state index in [2.05, 4.69) is 25.7 Å². The van der Waals surface area contributed by atoms with Crippen LogP contribution >= 0.6 is 0 Å². The number of ether oxygens (including phenoxy) is 2. The van der Waals surface area contributed by atoms with E-state index in [-0.39, 0.29) is 6.61 Å². The minimum absolute atomic E-state index is 0.193. The molecule has 0 aliphatic heterocycles. The second-order valence-electron chi connectivity index (χ2n) is 4.39. The van der Waals surface area contributed by atoms with E-state index in [1.807, 2.05) is 24.3 Å². The van der Waals surface area contributed by atoms with Crippen LogP contribution in [0.5, 0.6) is 5.75 Å². The summed E-state index contributed by atoms with van der Waals surface area (Å²) < 4.78 is 17.3. The number of rotatable bonds is 7. The Balaban J connectivity index is 1.62. The van der Waals surface area contributed by atoms with Crippen LogP contribution in [0.4, 0.5) is 0 Å². The molecule has 0 atom stereocenters. The largest absolute Gasteiger partial charge is 0.484 e. The lowest BCUT2D eigenvalue weighted by Gasteiger charge is -2.05. The average Bonchev–Trinajstić information content (AvgIpc) is 3.23. The van der Waals surface area contributed by atoms with E-state index in [0.29, 0.717) is 30.5 Å². The lowest BCUT2D eigenvalue weighted by atomic mass is 10.3. The van der Waals surface area contributed by atoms with Crippen LogP contribution in [0.2, 0.25) is 0 Å². The van der Waals surface area contributed by atoms with Gasteiger partial charge in [0.05, 0.1) is 12.3 Å². The molecule has 2 aromatic heterocycles. The van der Waals surface area contributed by atoms with E-state index in [0.717, 1.165) is 5.69 Å². The fourth-order valence-electron chi connectivity index (χ4n) is 1.78. The van der Waals surface area contributed by atoms with Gasteiger partial charge in [-0.25, -0.2) is 4.68 Å². The molecular weight excluding hydrogens is 288 g/mol. The number of tetrazole rings is 1. The summed E-state index contributed by atoms with van der Waals surface area (Å²) in [4.78, 5) is 4.21. The highest BCUT2D eigenvalue weighted by atomic mass is 16.5. The van der Waals surface area contributed by atoms with Crippen molar-refractivity contribution in [2.75, 3.05) is 13.7 Å². The van der Waals surface area contributed by atoms with Crippen LogP contribution in [0.1, 0.15) is 11.7 Å². The number of methoxy groups -OCH3 is 1. The van der Waals surface area contributed by atoms with E-state index >= 15 is 0 Å². The van der Waals surface area contributed by atoms with Gasteiger partial charge in [0.2, 0.25) is 0 Å². The molecule has 3 rings (SSSR count). The van der Waals surface area contributed by atoms with Crippen molar-refractivity contribution in [2.45, 2.75) is 13.0 Å². The first-order chi connectivity index (χ1) is 10.8. The van der Waals surface area contributed by atoms with Crippen molar-refractivity contribution >= 4 is 0 Å². The predicted octanol–water partition coefficient (Wildman–Crippen LogP) is 0.813. The zero-order chi connectivity index (χ0) is 15.2.